The Bertz CT molecular complexity index is 984. The molecule has 2 saturated carbocycles. The second-order valence-electron chi connectivity index (χ2n) is 11.5. The summed E-state index contributed by atoms with van der Waals surface area (Å²) < 4.78 is 12.0. The summed E-state index contributed by atoms with van der Waals surface area (Å²) >= 11 is 0. The molecule has 0 amide bonds. The number of hydrogen-bond donors (Lipinski definition) is 1. The highest BCUT2D eigenvalue weighted by molar-refractivity contribution is 5.90. The zero-order chi connectivity index (χ0) is 24.3. The molecular weight excluding hydrogens is 422 g/mol. The predicted octanol–water partition coefficient (Wildman–Crippen LogP) is 6.95. The molecule has 0 radical (unpaired) electrons. The van der Waals surface area contributed by atoms with Gasteiger partial charge in [-0.2, -0.15) is 0 Å². The monoisotopic (exact) mass is 465 g/mol. The van der Waals surface area contributed by atoms with E-state index in [9.17, 15) is 4.79 Å². The van der Waals surface area contributed by atoms with E-state index in [1.54, 1.807) is 0 Å². The molecule has 0 aromatic heterocycles. The molecule has 34 heavy (non-hydrogen) atoms. The van der Waals surface area contributed by atoms with Gasteiger partial charge in [-0.05, 0) is 92.5 Å². The number of aryl methyl sites for hydroxylation is 1. The van der Waals surface area contributed by atoms with Gasteiger partial charge in [-0.15, -0.1) is 0 Å². The van der Waals surface area contributed by atoms with Crippen LogP contribution < -0.4 is 10.1 Å². The number of ether oxygens (including phenoxy) is 2. The van der Waals surface area contributed by atoms with E-state index < -0.39 is 0 Å². The molecule has 4 heteroatoms. The summed E-state index contributed by atoms with van der Waals surface area (Å²) in [6, 6.07) is 11.2. The van der Waals surface area contributed by atoms with Crippen LogP contribution in [0.4, 0.5) is 0 Å². The molecule has 2 atom stereocenters. The first-order valence-corrected chi connectivity index (χ1v) is 13.3. The van der Waals surface area contributed by atoms with Gasteiger partial charge in [-0.1, -0.05) is 45.0 Å². The van der Waals surface area contributed by atoms with Crippen molar-refractivity contribution in [2.45, 2.75) is 98.3 Å². The number of hydrogen-bond acceptors (Lipinski definition) is 4. The van der Waals surface area contributed by atoms with Gasteiger partial charge in [-0.3, -0.25) is 4.79 Å². The molecule has 0 heterocycles. The molecule has 2 fully saturated rings. The summed E-state index contributed by atoms with van der Waals surface area (Å²) in [5.41, 5.74) is 2.89. The number of rotatable bonds is 7. The summed E-state index contributed by atoms with van der Waals surface area (Å²) in [5, 5.41) is 6.32. The second-order valence-corrected chi connectivity index (χ2v) is 11.5. The third-order valence-corrected chi connectivity index (χ3v) is 8.13. The van der Waals surface area contributed by atoms with Crippen molar-refractivity contribution in [2.75, 3.05) is 6.61 Å². The average molecular weight is 466 g/mol. The maximum absolute atomic E-state index is 12.2. The van der Waals surface area contributed by atoms with E-state index in [1.165, 1.54) is 34.7 Å². The molecule has 4 nitrogen and oxygen atoms in total. The normalized spacial score (nSPS) is 25.4. The van der Waals surface area contributed by atoms with Crippen LogP contribution in [0, 0.1) is 24.2 Å². The number of fused-ring (bicyclic) bond motifs is 1. The third-order valence-electron chi connectivity index (χ3n) is 8.13. The topological polar surface area (TPSA) is 47.6 Å². The van der Waals surface area contributed by atoms with Crippen LogP contribution in [0.1, 0.15) is 83.8 Å². The molecule has 0 aliphatic heterocycles. The van der Waals surface area contributed by atoms with Gasteiger partial charge in [0.1, 0.15) is 5.75 Å². The van der Waals surface area contributed by atoms with Gasteiger partial charge in [0.05, 0.1) is 18.6 Å². The first-order chi connectivity index (χ1) is 16.3. The van der Waals surface area contributed by atoms with Crippen molar-refractivity contribution in [2.24, 2.45) is 17.3 Å². The zero-order valence-corrected chi connectivity index (χ0v) is 21.8. The molecule has 4 rings (SSSR count). The molecule has 2 aliphatic rings. The maximum atomic E-state index is 12.2. The smallest absolute Gasteiger partial charge is 0.308 e. The van der Waals surface area contributed by atoms with Crippen molar-refractivity contribution in [3.63, 3.8) is 0 Å². The third kappa shape index (κ3) is 5.76. The molecular formula is C30H43NO3. The maximum Gasteiger partial charge on any atom is 0.308 e. The van der Waals surface area contributed by atoms with E-state index in [4.69, 9.17) is 9.47 Å². The summed E-state index contributed by atoms with van der Waals surface area (Å²) in [6.07, 6.45) is 7.81. The van der Waals surface area contributed by atoms with Gasteiger partial charge in [-0.25, -0.2) is 0 Å². The zero-order valence-electron chi connectivity index (χ0n) is 21.8. The van der Waals surface area contributed by atoms with Gasteiger partial charge in [0.15, 0.2) is 0 Å². The Hall–Kier alpha value is -2.07. The van der Waals surface area contributed by atoms with Gasteiger partial charge < -0.3 is 14.8 Å². The van der Waals surface area contributed by atoms with Crippen LogP contribution in [0.2, 0.25) is 0 Å². The average Bonchev–Trinajstić information content (AvgIpc) is 3.28. The van der Waals surface area contributed by atoms with Crippen molar-refractivity contribution >= 4 is 16.7 Å². The quantitative estimate of drug-likeness (QED) is 0.449. The highest BCUT2D eigenvalue weighted by atomic mass is 16.5. The van der Waals surface area contributed by atoms with Crippen LogP contribution in [0.15, 0.2) is 30.3 Å². The Morgan fingerprint density at radius 3 is 2.41 bits per heavy atom. The van der Waals surface area contributed by atoms with Gasteiger partial charge in [0, 0.05) is 18.2 Å². The first-order valence-electron chi connectivity index (χ1n) is 13.3. The molecule has 0 spiro atoms. The lowest BCUT2D eigenvalue weighted by Crippen LogP contribution is -2.31. The Kier molecular flexibility index (Phi) is 7.87. The fourth-order valence-corrected chi connectivity index (χ4v) is 5.99. The van der Waals surface area contributed by atoms with Crippen LogP contribution in [0.5, 0.6) is 5.75 Å². The molecule has 2 aliphatic carbocycles. The minimum Gasteiger partial charge on any atom is -0.490 e. The number of carbonyl (C=O) groups is 1. The molecule has 2 aromatic rings. The van der Waals surface area contributed by atoms with Crippen LogP contribution in [0.25, 0.3) is 10.8 Å². The summed E-state index contributed by atoms with van der Waals surface area (Å²) in [6.45, 7) is 12.4. The Labute approximate surface area is 205 Å². The number of esters is 1. The van der Waals surface area contributed by atoms with Crippen LogP contribution in [0.3, 0.4) is 0 Å². The van der Waals surface area contributed by atoms with E-state index in [0.717, 1.165) is 50.3 Å². The largest absolute Gasteiger partial charge is 0.490 e. The fourth-order valence-electron chi connectivity index (χ4n) is 5.99. The van der Waals surface area contributed by atoms with Crippen molar-refractivity contribution in [3.05, 3.63) is 41.5 Å². The SMILES string of the molecule is CCOC(=O)C1CCC(NCc2c(O[C@H]3CC[C@H](C(C)(C)C)CC3)cc(C)c3ccccc23)C1. The standard InChI is InChI=1S/C30H43NO3/c1-6-33-29(32)21-11-14-23(18-21)31-19-27-26-10-8-7-9-25(26)20(2)17-28(27)34-24-15-12-22(13-16-24)30(3,4)5/h7-10,17,21-24,31H,6,11-16,18-19H2,1-5H3/t21?,22-,23?,24-. The van der Waals surface area contributed by atoms with Gasteiger partial charge in [0.2, 0.25) is 0 Å². The predicted molar refractivity (Wildman–Crippen MR) is 139 cm³/mol. The lowest BCUT2D eigenvalue weighted by atomic mass is 9.72. The van der Waals surface area contributed by atoms with E-state index in [1.807, 2.05) is 6.92 Å². The Morgan fingerprint density at radius 1 is 1.03 bits per heavy atom. The molecule has 186 valence electrons. The minimum atomic E-state index is -0.0394. The van der Waals surface area contributed by atoms with E-state index in [2.05, 4.69) is 63.3 Å². The highest BCUT2D eigenvalue weighted by Gasteiger charge is 2.32. The molecule has 0 saturated heterocycles. The van der Waals surface area contributed by atoms with Crippen LogP contribution in [-0.4, -0.2) is 24.7 Å². The molecule has 1 N–H and O–H groups in total. The number of carbonyl (C=O) groups excluding carboxylic acids is 1. The lowest BCUT2D eigenvalue weighted by molar-refractivity contribution is -0.147. The number of benzene rings is 2. The molecule has 2 aromatic carbocycles. The van der Waals surface area contributed by atoms with Crippen LogP contribution in [-0.2, 0) is 16.1 Å². The first kappa shape index (κ1) is 25.0. The molecule has 2 unspecified atom stereocenters. The number of nitrogens with one attached hydrogen (secondary N) is 1. The van der Waals surface area contributed by atoms with Gasteiger partial charge in [0.25, 0.3) is 0 Å². The Balaban J connectivity index is 1.49. The van der Waals surface area contributed by atoms with Crippen molar-refractivity contribution in [1.82, 2.24) is 5.32 Å². The fraction of sp³-hybridized carbons (Fsp3) is 0.633. The molecule has 0 bridgehead atoms. The second kappa shape index (κ2) is 10.7. The van der Waals surface area contributed by atoms with Crippen LogP contribution >= 0.6 is 0 Å². The minimum absolute atomic E-state index is 0.0286. The summed E-state index contributed by atoms with van der Waals surface area (Å²) in [5.74, 6) is 1.80. The lowest BCUT2D eigenvalue weighted by Gasteiger charge is -2.37. The van der Waals surface area contributed by atoms with E-state index in [-0.39, 0.29) is 18.0 Å². The van der Waals surface area contributed by atoms with Crippen molar-refractivity contribution in [1.29, 1.82) is 0 Å². The summed E-state index contributed by atoms with van der Waals surface area (Å²) in [4.78, 5) is 12.2. The van der Waals surface area contributed by atoms with E-state index >= 15 is 0 Å². The summed E-state index contributed by atoms with van der Waals surface area (Å²) in [7, 11) is 0. The highest BCUT2D eigenvalue weighted by Crippen LogP contribution is 2.40. The van der Waals surface area contributed by atoms with Gasteiger partial charge >= 0.3 is 5.97 Å². The van der Waals surface area contributed by atoms with Crippen molar-refractivity contribution < 1.29 is 14.3 Å². The Morgan fingerprint density at radius 2 is 1.74 bits per heavy atom. The van der Waals surface area contributed by atoms with Crippen molar-refractivity contribution in [3.8, 4) is 5.75 Å². The van der Waals surface area contributed by atoms with E-state index in [0.29, 0.717) is 18.1 Å².